The molecule has 4 nitrogen and oxygen atoms in total. The van der Waals surface area contributed by atoms with E-state index in [4.69, 9.17) is 17.4 Å². The number of halogens is 2. The van der Waals surface area contributed by atoms with Gasteiger partial charge in [-0.05, 0) is 31.0 Å². The van der Waals surface area contributed by atoms with E-state index in [2.05, 4.69) is 10.5 Å². The lowest BCUT2D eigenvalue weighted by Crippen LogP contribution is -2.29. The van der Waals surface area contributed by atoms with Crippen LogP contribution in [0.5, 0.6) is 0 Å². The number of hydrogen-bond donors (Lipinski definition) is 2. The van der Waals surface area contributed by atoms with E-state index in [1.165, 1.54) is 12.1 Å². The maximum atomic E-state index is 12.9. The van der Waals surface area contributed by atoms with Gasteiger partial charge in [0.15, 0.2) is 0 Å². The molecule has 0 spiro atoms. The molecule has 2 rings (SSSR count). The summed E-state index contributed by atoms with van der Waals surface area (Å²) in [6, 6.07) is 6.11. The fourth-order valence-electron chi connectivity index (χ4n) is 2.08. The van der Waals surface area contributed by atoms with Gasteiger partial charge in [-0.15, -0.1) is 0 Å². The van der Waals surface area contributed by atoms with Gasteiger partial charge in [0.2, 0.25) is 0 Å². The summed E-state index contributed by atoms with van der Waals surface area (Å²) in [5, 5.41) is 4.86. The highest BCUT2D eigenvalue weighted by atomic mass is 35.5. The van der Waals surface area contributed by atoms with Crippen LogP contribution in [0.2, 0.25) is 5.15 Å². The minimum Gasteiger partial charge on any atom is -0.271 e. The molecule has 6 heteroatoms. The number of rotatable bonds is 4. The Hall–Kier alpha value is -1.43. The first-order valence-electron chi connectivity index (χ1n) is 5.92. The van der Waals surface area contributed by atoms with Crippen LogP contribution in [0.25, 0.3) is 0 Å². The van der Waals surface area contributed by atoms with Gasteiger partial charge in [0.1, 0.15) is 11.0 Å². The number of benzene rings is 1. The predicted octanol–water partition coefficient (Wildman–Crippen LogP) is 2.27. The lowest BCUT2D eigenvalue weighted by molar-refractivity contribution is 0.548. The molecule has 102 valence electrons. The second kappa shape index (κ2) is 5.69. The summed E-state index contributed by atoms with van der Waals surface area (Å²) in [6.07, 6.45) is 0.598. The minimum atomic E-state index is -0.268. The minimum absolute atomic E-state index is 0.138. The fourth-order valence-corrected chi connectivity index (χ4v) is 2.33. The predicted molar refractivity (Wildman–Crippen MR) is 73.1 cm³/mol. The molecule has 1 heterocycles. The van der Waals surface area contributed by atoms with E-state index < -0.39 is 0 Å². The highest BCUT2D eigenvalue weighted by Gasteiger charge is 2.17. The van der Waals surface area contributed by atoms with Gasteiger partial charge in [-0.3, -0.25) is 16.0 Å². The van der Waals surface area contributed by atoms with Crippen LogP contribution in [0.4, 0.5) is 4.39 Å². The number of nitrogens with one attached hydrogen (secondary N) is 1. The third kappa shape index (κ3) is 2.94. The molecule has 3 N–H and O–H groups in total. The Labute approximate surface area is 116 Å². The Morgan fingerprint density at radius 2 is 2.05 bits per heavy atom. The molecule has 1 unspecified atom stereocenters. The number of nitrogens with zero attached hydrogens (tertiary/aromatic N) is 2. The molecular formula is C13H16ClFN4. The summed E-state index contributed by atoms with van der Waals surface area (Å²) >= 11 is 6.20. The van der Waals surface area contributed by atoms with Gasteiger partial charge in [0.05, 0.1) is 11.7 Å². The van der Waals surface area contributed by atoms with Crippen LogP contribution >= 0.6 is 11.6 Å². The van der Waals surface area contributed by atoms with Crippen molar-refractivity contribution in [1.29, 1.82) is 0 Å². The lowest BCUT2D eigenvalue weighted by Gasteiger charge is -2.16. The van der Waals surface area contributed by atoms with E-state index in [-0.39, 0.29) is 11.9 Å². The van der Waals surface area contributed by atoms with Crippen molar-refractivity contribution < 1.29 is 4.39 Å². The summed E-state index contributed by atoms with van der Waals surface area (Å²) in [5.74, 6) is 5.32. The average Bonchev–Trinajstić information content (AvgIpc) is 2.63. The van der Waals surface area contributed by atoms with E-state index in [1.807, 2.05) is 6.92 Å². The normalized spacial score (nSPS) is 12.7. The van der Waals surface area contributed by atoms with Crippen LogP contribution in [0.15, 0.2) is 24.3 Å². The van der Waals surface area contributed by atoms with Crippen molar-refractivity contribution in [2.24, 2.45) is 12.9 Å². The third-order valence-electron chi connectivity index (χ3n) is 3.15. The SMILES string of the molecule is Cc1nn(C)c(Cl)c1CC(NN)c1ccc(F)cc1. The first-order chi connectivity index (χ1) is 9.02. The summed E-state index contributed by atoms with van der Waals surface area (Å²) in [7, 11) is 1.79. The van der Waals surface area contributed by atoms with Crippen molar-refractivity contribution in [3.63, 3.8) is 0 Å². The monoisotopic (exact) mass is 282 g/mol. The van der Waals surface area contributed by atoms with Crippen molar-refractivity contribution in [3.8, 4) is 0 Å². The molecule has 0 aliphatic rings. The molecule has 1 aromatic carbocycles. The number of aryl methyl sites for hydroxylation is 2. The van der Waals surface area contributed by atoms with Gasteiger partial charge in [-0.25, -0.2) is 4.39 Å². The van der Waals surface area contributed by atoms with Gasteiger partial charge in [-0.1, -0.05) is 23.7 Å². The maximum absolute atomic E-state index is 12.9. The number of nitrogens with two attached hydrogens (primary N) is 1. The maximum Gasteiger partial charge on any atom is 0.130 e. The molecule has 0 fully saturated rings. The van der Waals surface area contributed by atoms with Crippen molar-refractivity contribution in [3.05, 3.63) is 52.1 Å². The Balaban J connectivity index is 2.26. The standard InChI is InChI=1S/C13H16ClFN4/c1-8-11(13(14)19(2)18-8)7-12(17-16)9-3-5-10(15)6-4-9/h3-6,12,17H,7,16H2,1-2H3. The zero-order valence-corrected chi connectivity index (χ0v) is 11.6. The van der Waals surface area contributed by atoms with E-state index in [1.54, 1.807) is 23.9 Å². The first kappa shape index (κ1) is 14.0. The number of hydrazine groups is 1. The van der Waals surface area contributed by atoms with E-state index in [0.29, 0.717) is 11.6 Å². The quantitative estimate of drug-likeness (QED) is 0.668. The van der Waals surface area contributed by atoms with E-state index in [0.717, 1.165) is 16.8 Å². The Bertz CT molecular complexity index is 565. The molecule has 0 aliphatic heterocycles. The second-order valence-corrected chi connectivity index (χ2v) is 4.81. The number of hydrogen-bond acceptors (Lipinski definition) is 3. The molecule has 19 heavy (non-hydrogen) atoms. The molecular weight excluding hydrogens is 267 g/mol. The number of aromatic nitrogens is 2. The first-order valence-corrected chi connectivity index (χ1v) is 6.30. The Morgan fingerprint density at radius 1 is 1.42 bits per heavy atom. The molecule has 1 aromatic heterocycles. The zero-order chi connectivity index (χ0) is 14.0. The molecule has 0 aliphatic carbocycles. The average molecular weight is 283 g/mol. The van der Waals surface area contributed by atoms with Gasteiger partial charge in [-0.2, -0.15) is 5.10 Å². The topological polar surface area (TPSA) is 55.9 Å². The third-order valence-corrected chi connectivity index (χ3v) is 3.62. The van der Waals surface area contributed by atoms with Crippen LogP contribution in [-0.2, 0) is 13.5 Å². The largest absolute Gasteiger partial charge is 0.271 e. The summed E-state index contributed by atoms with van der Waals surface area (Å²) in [5.41, 5.74) is 5.45. The van der Waals surface area contributed by atoms with Crippen LogP contribution in [-0.4, -0.2) is 9.78 Å². The van der Waals surface area contributed by atoms with Gasteiger partial charge in [0.25, 0.3) is 0 Å². The summed E-state index contributed by atoms with van der Waals surface area (Å²) < 4.78 is 14.6. The van der Waals surface area contributed by atoms with E-state index >= 15 is 0 Å². The van der Waals surface area contributed by atoms with Crippen LogP contribution in [0.1, 0.15) is 22.9 Å². The molecule has 0 radical (unpaired) electrons. The summed E-state index contributed by atoms with van der Waals surface area (Å²) in [6.45, 7) is 1.90. The molecule has 0 saturated heterocycles. The van der Waals surface area contributed by atoms with Crippen molar-refractivity contribution in [2.45, 2.75) is 19.4 Å². The second-order valence-electron chi connectivity index (χ2n) is 4.45. The molecule has 1 atom stereocenters. The molecule has 0 amide bonds. The molecule has 0 saturated carbocycles. The van der Waals surface area contributed by atoms with Gasteiger partial charge >= 0.3 is 0 Å². The van der Waals surface area contributed by atoms with Crippen molar-refractivity contribution >= 4 is 11.6 Å². The van der Waals surface area contributed by atoms with Crippen LogP contribution < -0.4 is 11.3 Å². The van der Waals surface area contributed by atoms with Crippen LogP contribution in [0, 0.1) is 12.7 Å². The van der Waals surface area contributed by atoms with Crippen LogP contribution in [0.3, 0.4) is 0 Å². The molecule has 2 aromatic rings. The highest BCUT2D eigenvalue weighted by molar-refractivity contribution is 6.30. The molecule has 0 bridgehead atoms. The van der Waals surface area contributed by atoms with Crippen molar-refractivity contribution in [2.75, 3.05) is 0 Å². The van der Waals surface area contributed by atoms with Crippen molar-refractivity contribution in [1.82, 2.24) is 15.2 Å². The van der Waals surface area contributed by atoms with Gasteiger partial charge in [0, 0.05) is 12.6 Å². The highest BCUT2D eigenvalue weighted by Crippen LogP contribution is 2.25. The lowest BCUT2D eigenvalue weighted by atomic mass is 10.00. The van der Waals surface area contributed by atoms with Gasteiger partial charge < -0.3 is 0 Å². The smallest absolute Gasteiger partial charge is 0.130 e. The Morgan fingerprint density at radius 3 is 2.53 bits per heavy atom. The van der Waals surface area contributed by atoms with E-state index in [9.17, 15) is 4.39 Å². The summed E-state index contributed by atoms with van der Waals surface area (Å²) in [4.78, 5) is 0. The Kier molecular flexibility index (Phi) is 4.19. The fraction of sp³-hybridized carbons (Fsp3) is 0.308. The zero-order valence-electron chi connectivity index (χ0n) is 10.8.